The Bertz CT molecular complexity index is 282. The van der Waals surface area contributed by atoms with Crippen molar-refractivity contribution in [3.63, 3.8) is 0 Å². The van der Waals surface area contributed by atoms with Gasteiger partial charge in [0.2, 0.25) is 0 Å². The first-order chi connectivity index (χ1) is 6.66. The third kappa shape index (κ3) is 2.49. The molecule has 4 heteroatoms. The highest BCUT2D eigenvalue weighted by Gasteiger charge is 2.16. The minimum Gasteiger partial charge on any atom is -0.388 e. The van der Waals surface area contributed by atoms with Gasteiger partial charge in [0.25, 0.3) is 0 Å². The summed E-state index contributed by atoms with van der Waals surface area (Å²) in [4.78, 5) is 0. The SMILES string of the molecule is COCCC(O)c1c(F)cccc1F. The van der Waals surface area contributed by atoms with Crippen LogP contribution in [-0.2, 0) is 4.74 Å². The van der Waals surface area contributed by atoms with Gasteiger partial charge in [-0.2, -0.15) is 0 Å². The van der Waals surface area contributed by atoms with E-state index in [0.29, 0.717) is 0 Å². The largest absolute Gasteiger partial charge is 0.388 e. The lowest BCUT2D eigenvalue weighted by Gasteiger charge is -2.11. The second-order valence-corrected chi connectivity index (χ2v) is 2.93. The first kappa shape index (κ1) is 11.1. The lowest BCUT2D eigenvalue weighted by Crippen LogP contribution is -2.06. The zero-order valence-corrected chi connectivity index (χ0v) is 7.84. The maximum Gasteiger partial charge on any atom is 0.131 e. The fourth-order valence-corrected chi connectivity index (χ4v) is 1.20. The number of benzene rings is 1. The van der Waals surface area contributed by atoms with Crippen LogP contribution in [0.3, 0.4) is 0 Å². The topological polar surface area (TPSA) is 29.5 Å². The molecule has 2 nitrogen and oxygen atoms in total. The van der Waals surface area contributed by atoms with E-state index in [2.05, 4.69) is 0 Å². The Kier molecular flexibility index (Phi) is 3.98. The van der Waals surface area contributed by atoms with Crippen molar-refractivity contribution >= 4 is 0 Å². The number of hydrogen-bond acceptors (Lipinski definition) is 2. The van der Waals surface area contributed by atoms with Crippen molar-refractivity contribution in [2.24, 2.45) is 0 Å². The number of methoxy groups -OCH3 is 1. The number of halogens is 2. The molecule has 1 N–H and O–H groups in total. The van der Waals surface area contributed by atoms with E-state index in [1.165, 1.54) is 13.2 Å². The number of aliphatic hydroxyl groups is 1. The summed E-state index contributed by atoms with van der Waals surface area (Å²) in [7, 11) is 1.46. The van der Waals surface area contributed by atoms with Gasteiger partial charge < -0.3 is 9.84 Å². The molecule has 0 aliphatic rings. The van der Waals surface area contributed by atoms with E-state index < -0.39 is 17.7 Å². The Labute approximate surface area is 81.1 Å². The lowest BCUT2D eigenvalue weighted by atomic mass is 10.1. The highest BCUT2D eigenvalue weighted by molar-refractivity contribution is 5.21. The summed E-state index contributed by atoms with van der Waals surface area (Å²) < 4.78 is 30.9. The molecule has 0 bridgehead atoms. The van der Waals surface area contributed by atoms with Crippen LogP contribution in [0.4, 0.5) is 8.78 Å². The molecular weight excluding hydrogens is 190 g/mol. The highest BCUT2D eigenvalue weighted by atomic mass is 19.1. The second-order valence-electron chi connectivity index (χ2n) is 2.93. The van der Waals surface area contributed by atoms with Gasteiger partial charge in [-0.15, -0.1) is 0 Å². The van der Waals surface area contributed by atoms with Gasteiger partial charge in [0.05, 0.1) is 11.7 Å². The average Bonchev–Trinajstić information content (AvgIpc) is 2.14. The predicted molar refractivity (Wildman–Crippen MR) is 47.8 cm³/mol. The summed E-state index contributed by atoms with van der Waals surface area (Å²) in [6, 6.07) is 3.50. The third-order valence-electron chi connectivity index (χ3n) is 1.93. The molecule has 0 aromatic heterocycles. The molecule has 1 aromatic carbocycles. The first-order valence-corrected chi connectivity index (χ1v) is 4.27. The minimum atomic E-state index is -1.16. The van der Waals surface area contributed by atoms with Crippen LogP contribution in [0.2, 0.25) is 0 Å². The smallest absolute Gasteiger partial charge is 0.131 e. The number of rotatable bonds is 4. The van der Waals surface area contributed by atoms with Crippen LogP contribution in [0.25, 0.3) is 0 Å². The summed E-state index contributed by atoms with van der Waals surface area (Å²) >= 11 is 0. The van der Waals surface area contributed by atoms with Crippen LogP contribution in [-0.4, -0.2) is 18.8 Å². The number of hydrogen-bond donors (Lipinski definition) is 1. The van der Waals surface area contributed by atoms with Gasteiger partial charge in [-0.1, -0.05) is 6.07 Å². The molecule has 1 unspecified atom stereocenters. The van der Waals surface area contributed by atoms with Crippen molar-refractivity contribution in [1.29, 1.82) is 0 Å². The maximum atomic E-state index is 13.1. The molecule has 0 heterocycles. The average molecular weight is 202 g/mol. The second kappa shape index (κ2) is 5.02. The Hall–Kier alpha value is -1.00. The van der Waals surface area contributed by atoms with E-state index in [4.69, 9.17) is 4.74 Å². The van der Waals surface area contributed by atoms with Gasteiger partial charge in [-0.25, -0.2) is 8.78 Å². The summed E-state index contributed by atoms with van der Waals surface area (Å²) in [6.45, 7) is 0.259. The predicted octanol–water partition coefficient (Wildman–Crippen LogP) is 2.03. The van der Waals surface area contributed by atoms with Crippen molar-refractivity contribution in [1.82, 2.24) is 0 Å². The van der Waals surface area contributed by atoms with E-state index >= 15 is 0 Å². The molecule has 1 rings (SSSR count). The van der Waals surface area contributed by atoms with E-state index in [1.807, 2.05) is 0 Å². The number of aliphatic hydroxyl groups excluding tert-OH is 1. The van der Waals surface area contributed by atoms with Crippen LogP contribution in [0.5, 0.6) is 0 Å². The van der Waals surface area contributed by atoms with E-state index in [-0.39, 0.29) is 18.6 Å². The third-order valence-corrected chi connectivity index (χ3v) is 1.93. The Morgan fingerprint density at radius 1 is 1.36 bits per heavy atom. The van der Waals surface area contributed by atoms with Gasteiger partial charge in [0, 0.05) is 20.1 Å². The van der Waals surface area contributed by atoms with Crippen molar-refractivity contribution in [2.45, 2.75) is 12.5 Å². The summed E-state index contributed by atoms with van der Waals surface area (Å²) in [5.74, 6) is -1.46. The molecule has 0 saturated carbocycles. The summed E-state index contributed by atoms with van der Waals surface area (Å²) in [5, 5.41) is 9.45. The van der Waals surface area contributed by atoms with Gasteiger partial charge in [-0.05, 0) is 12.1 Å². The molecule has 0 spiro atoms. The van der Waals surface area contributed by atoms with Crippen LogP contribution < -0.4 is 0 Å². The quantitative estimate of drug-likeness (QED) is 0.809. The van der Waals surface area contributed by atoms with E-state index in [9.17, 15) is 13.9 Å². The zero-order valence-electron chi connectivity index (χ0n) is 7.84. The van der Waals surface area contributed by atoms with Gasteiger partial charge in [-0.3, -0.25) is 0 Å². The molecule has 1 atom stereocenters. The Balaban J connectivity index is 2.82. The fraction of sp³-hybridized carbons (Fsp3) is 0.400. The van der Waals surface area contributed by atoms with Gasteiger partial charge in [0.1, 0.15) is 11.6 Å². The van der Waals surface area contributed by atoms with Crippen molar-refractivity contribution in [2.75, 3.05) is 13.7 Å². The molecule has 0 aliphatic carbocycles. The minimum absolute atomic E-state index is 0.175. The summed E-state index contributed by atoms with van der Waals surface area (Å²) in [6.07, 6.45) is -0.981. The van der Waals surface area contributed by atoms with Crippen LogP contribution in [0, 0.1) is 11.6 Å². The van der Waals surface area contributed by atoms with Crippen LogP contribution >= 0.6 is 0 Å². The zero-order chi connectivity index (χ0) is 10.6. The molecule has 14 heavy (non-hydrogen) atoms. The molecule has 78 valence electrons. The molecule has 0 amide bonds. The van der Waals surface area contributed by atoms with Crippen molar-refractivity contribution in [3.8, 4) is 0 Å². The Morgan fingerprint density at radius 3 is 2.43 bits per heavy atom. The standard InChI is InChI=1S/C10H12F2O2/c1-14-6-5-9(13)10-7(11)3-2-4-8(10)12/h2-4,9,13H,5-6H2,1H3. The van der Waals surface area contributed by atoms with Crippen LogP contribution in [0.15, 0.2) is 18.2 Å². The monoisotopic (exact) mass is 202 g/mol. The summed E-state index contributed by atoms with van der Waals surface area (Å²) in [5.41, 5.74) is -0.287. The highest BCUT2D eigenvalue weighted by Crippen LogP contribution is 2.22. The van der Waals surface area contributed by atoms with Crippen LogP contribution in [0.1, 0.15) is 18.1 Å². The molecular formula is C10H12F2O2. The van der Waals surface area contributed by atoms with E-state index in [1.54, 1.807) is 0 Å². The molecule has 0 aliphatic heterocycles. The fourth-order valence-electron chi connectivity index (χ4n) is 1.20. The molecule has 0 radical (unpaired) electrons. The van der Waals surface area contributed by atoms with Gasteiger partial charge in [0.15, 0.2) is 0 Å². The first-order valence-electron chi connectivity index (χ1n) is 4.27. The molecule has 1 aromatic rings. The number of ether oxygens (including phenoxy) is 1. The Morgan fingerprint density at radius 2 is 1.93 bits per heavy atom. The lowest BCUT2D eigenvalue weighted by molar-refractivity contribution is 0.105. The van der Waals surface area contributed by atoms with Crippen molar-refractivity contribution < 1.29 is 18.6 Å². The van der Waals surface area contributed by atoms with Crippen molar-refractivity contribution in [3.05, 3.63) is 35.4 Å². The molecule has 0 fully saturated rings. The van der Waals surface area contributed by atoms with Gasteiger partial charge >= 0.3 is 0 Å². The van der Waals surface area contributed by atoms with E-state index in [0.717, 1.165) is 12.1 Å². The maximum absolute atomic E-state index is 13.1. The molecule has 0 saturated heterocycles. The normalized spacial score (nSPS) is 12.9.